The zero-order valence-corrected chi connectivity index (χ0v) is 40.5. The number of pyridine rings is 1. The Balaban J connectivity index is 0.744. The second-order valence-electron chi connectivity index (χ2n) is 17.7. The van der Waals surface area contributed by atoms with Gasteiger partial charge >= 0.3 is 0 Å². The molecule has 3 atom stereocenters. The number of amides is 2. The van der Waals surface area contributed by atoms with Gasteiger partial charge in [-0.15, -0.1) is 0 Å². The molecule has 2 amide bonds. The summed E-state index contributed by atoms with van der Waals surface area (Å²) in [4.78, 5) is 52.8. The third-order valence-corrected chi connectivity index (χ3v) is 15.6. The first-order valence-corrected chi connectivity index (χ1v) is 26.4. The van der Waals surface area contributed by atoms with Crippen LogP contribution in [0.1, 0.15) is 116 Å². The van der Waals surface area contributed by atoms with Crippen LogP contribution in [0.3, 0.4) is 0 Å². The molecule has 3 aliphatic rings. The summed E-state index contributed by atoms with van der Waals surface area (Å²) < 4.78 is 2.31. The van der Waals surface area contributed by atoms with Crippen LogP contribution in [-0.4, -0.2) is 80.7 Å². The summed E-state index contributed by atoms with van der Waals surface area (Å²) >= 11 is 0. The Morgan fingerprint density at radius 1 is 0.831 bits per heavy atom. The molecule has 3 aromatic rings. The number of aryl methyl sites for hydroxylation is 2. The van der Waals surface area contributed by atoms with Crippen LogP contribution in [0.2, 0.25) is 0 Å². The third kappa shape index (κ3) is 12.8. The average Bonchev–Trinajstić information content (AvgIpc) is 3.77. The van der Waals surface area contributed by atoms with Crippen molar-refractivity contribution in [2.75, 3.05) is 36.9 Å². The highest BCUT2D eigenvalue weighted by atomic mass is 33.1. The minimum Gasteiger partial charge on any atom is -0.387 e. The SMILES string of the molecule is CCCCc1nc2c(N)nc3ccccc3c2n1CCCCNC(=O)CCCCCNC(=O)CCSSCCCC(N)=NCCCCC1NC2(C)c3ccccccc(cc3)C2(C)C1=O. The lowest BCUT2D eigenvalue weighted by molar-refractivity contribution is -0.125. The van der Waals surface area contributed by atoms with Crippen LogP contribution in [0.15, 0.2) is 89.0 Å². The number of aromatic nitrogens is 3. The van der Waals surface area contributed by atoms with Gasteiger partial charge in [0.15, 0.2) is 11.6 Å². The topological polar surface area (TPSA) is 182 Å². The van der Waals surface area contributed by atoms with Crippen molar-refractivity contribution >= 4 is 72.8 Å². The van der Waals surface area contributed by atoms with Gasteiger partial charge < -0.3 is 26.7 Å². The summed E-state index contributed by atoms with van der Waals surface area (Å²) in [6, 6.07) is 7.89. The Morgan fingerprint density at radius 3 is 2.35 bits per heavy atom. The fourth-order valence-electron chi connectivity index (χ4n) is 9.18. The average molecular weight is 922 g/mol. The van der Waals surface area contributed by atoms with Crippen LogP contribution in [0.25, 0.3) is 21.9 Å². The number of unbranched alkanes of at least 4 members (excludes halogenated alkanes) is 5. The van der Waals surface area contributed by atoms with Gasteiger partial charge in [0.25, 0.3) is 0 Å². The van der Waals surface area contributed by atoms with E-state index < -0.39 is 11.0 Å². The number of aliphatic imine (C=N–C) groups is 1. The van der Waals surface area contributed by atoms with Gasteiger partial charge in [-0.3, -0.25) is 24.7 Å². The molecule has 0 spiro atoms. The number of carbonyl (C=O) groups is 3. The number of ketones is 1. The molecule has 1 aliphatic heterocycles. The van der Waals surface area contributed by atoms with Gasteiger partial charge in [0, 0.05) is 68.8 Å². The molecular weight excluding hydrogens is 851 g/mol. The molecular formula is C51H71N9O3S2. The van der Waals surface area contributed by atoms with Crippen molar-refractivity contribution in [2.45, 2.75) is 135 Å². The molecule has 7 N–H and O–H groups in total. The van der Waals surface area contributed by atoms with Crippen LogP contribution in [0, 0.1) is 5.41 Å². The number of anilines is 1. The van der Waals surface area contributed by atoms with Gasteiger partial charge in [0.1, 0.15) is 11.3 Å². The number of nitrogen functional groups attached to an aromatic ring is 1. The largest absolute Gasteiger partial charge is 0.387 e. The lowest BCUT2D eigenvalue weighted by Crippen LogP contribution is -2.53. The molecule has 0 radical (unpaired) electrons. The quantitative estimate of drug-likeness (QED) is 0.0214. The van der Waals surface area contributed by atoms with Gasteiger partial charge in [-0.2, -0.15) is 0 Å². The number of benzene rings is 1. The number of carbonyl (C=O) groups excluding carboxylic acids is 3. The zero-order valence-electron chi connectivity index (χ0n) is 38.8. The van der Waals surface area contributed by atoms with Crippen LogP contribution >= 0.6 is 21.6 Å². The number of hydrogen-bond acceptors (Lipinski definition) is 10. The molecule has 2 bridgehead atoms. The van der Waals surface area contributed by atoms with Gasteiger partial charge in [-0.1, -0.05) is 108 Å². The predicted octanol–water partition coefficient (Wildman–Crippen LogP) is 9.02. The number of nitrogens with one attached hydrogen (secondary N) is 3. The van der Waals surface area contributed by atoms with Crippen LogP contribution in [0.5, 0.6) is 0 Å². The number of Topliss-reactive ketones (excluding diaryl/α,β-unsaturated/α-hetero) is 1. The van der Waals surface area contributed by atoms with Crippen molar-refractivity contribution in [1.29, 1.82) is 0 Å². The molecule has 65 heavy (non-hydrogen) atoms. The maximum Gasteiger partial charge on any atom is 0.220 e. The fraction of sp³-hybridized carbons (Fsp3) is 0.529. The first-order valence-electron chi connectivity index (χ1n) is 23.9. The van der Waals surface area contributed by atoms with E-state index in [4.69, 9.17) is 16.5 Å². The predicted molar refractivity (Wildman–Crippen MR) is 273 cm³/mol. The molecule has 12 nitrogen and oxygen atoms in total. The molecule has 2 aromatic heterocycles. The minimum atomic E-state index is -0.615. The molecule has 1 saturated heterocycles. The highest BCUT2D eigenvalue weighted by Crippen LogP contribution is 2.53. The molecule has 2 aliphatic carbocycles. The standard InChI is InChI=1S/C51H71N9O3S2/c1-4-5-26-43-58-46-47(39-22-12-13-23-40(39)57-49(46)53)60(43)34-18-17-33-55-44(61)27-11-8-15-32-56-45(62)30-36-65-64-35-19-25-42(52)54-31-16-14-24-41-48(63)50(2)37-20-9-6-7-10-21-38(29-28-37)51(50,3)59-41/h6-7,9-10,12-13,20-23,28-29,41,59H,4-5,8,11,14-19,24-27,30-36H2,1-3H3,(H2,52,54)(H2,53,57)(H,55,61)(H,56,62). The second-order valence-corrected chi connectivity index (χ2v) is 20.4. The number of nitrogens with zero attached hydrogens (tertiary/aromatic N) is 4. The summed E-state index contributed by atoms with van der Waals surface area (Å²) in [5.41, 5.74) is 16.4. The Labute approximate surface area is 394 Å². The van der Waals surface area contributed by atoms with E-state index in [9.17, 15) is 14.4 Å². The van der Waals surface area contributed by atoms with Crippen molar-refractivity contribution < 1.29 is 14.4 Å². The second kappa shape index (κ2) is 24.7. The number of fused-ring (bicyclic) bond motifs is 3. The fourth-order valence-corrected chi connectivity index (χ4v) is 11.3. The highest BCUT2D eigenvalue weighted by Gasteiger charge is 2.61. The van der Waals surface area contributed by atoms with E-state index >= 15 is 0 Å². The van der Waals surface area contributed by atoms with Crippen molar-refractivity contribution in [1.82, 2.24) is 30.5 Å². The smallest absolute Gasteiger partial charge is 0.220 e. The van der Waals surface area contributed by atoms with Crippen LogP contribution in [-0.2, 0) is 27.3 Å². The van der Waals surface area contributed by atoms with Gasteiger partial charge in [-0.05, 0) is 88.8 Å². The maximum atomic E-state index is 13.9. The van der Waals surface area contributed by atoms with E-state index in [1.807, 2.05) is 42.5 Å². The first kappa shape index (κ1) is 49.8. The van der Waals surface area contributed by atoms with E-state index in [1.54, 1.807) is 21.6 Å². The van der Waals surface area contributed by atoms with Gasteiger partial charge in [0.05, 0.1) is 33.9 Å². The van der Waals surface area contributed by atoms with E-state index in [0.29, 0.717) is 44.1 Å². The minimum absolute atomic E-state index is 0.0713. The molecule has 0 saturated carbocycles. The Bertz CT molecular complexity index is 2310. The Kier molecular flexibility index (Phi) is 18.9. The number of nitrogens with two attached hydrogens (primary N) is 2. The van der Waals surface area contributed by atoms with E-state index in [1.165, 1.54) is 0 Å². The van der Waals surface area contributed by atoms with E-state index in [0.717, 1.165) is 140 Å². The third-order valence-electron chi connectivity index (χ3n) is 13.1. The Hall–Kier alpha value is -4.66. The summed E-state index contributed by atoms with van der Waals surface area (Å²) in [7, 11) is 3.49. The summed E-state index contributed by atoms with van der Waals surface area (Å²) in [5.74, 6) is 4.33. The van der Waals surface area contributed by atoms with E-state index in [2.05, 4.69) is 81.6 Å². The molecule has 1 aromatic carbocycles. The lowest BCUT2D eigenvalue weighted by atomic mass is 9.60. The maximum absolute atomic E-state index is 13.9. The van der Waals surface area contributed by atoms with Gasteiger partial charge in [0.2, 0.25) is 11.8 Å². The van der Waals surface area contributed by atoms with Gasteiger partial charge in [-0.25, -0.2) is 9.97 Å². The number of imidazole rings is 1. The molecule has 6 rings (SSSR count). The van der Waals surface area contributed by atoms with Crippen molar-refractivity contribution in [2.24, 2.45) is 16.1 Å². The van der Waals surface area contributed by atoms with Crippen molar-refractivity contribution in [3.63, 3.8) is 0 Å². The lowest BCUT2D eigenvalue weighted by Gasteiger charge is -2.44. The molecule has 14 heteroatoms. The number of allylic oxidation sites excluding steroid dienone is 7. The molecule has 3 heterocycles. The van der Waals surface area contributed by atoms with Crippen molar-refractivity contribution in [3.8, 4) is 0 Å². The summed E-state index contributed by atoms with van der Waals surface area (Å²) in [6.07, 6.45) is 29.2. The number of para-hydroxylation sites is 1. The molecule has 350 valence electrons. The van der Waals surface area contributed by atoms with Crippen molar-refractivity contribution in [3.05, 3.63) is 89.8 Å². The first-order chi connectivity index (χ1) is 31.6. The Morgan fingerprint density at radius 2 is 1.55 bits per heavy atom. The van der Waals surface area contributed by atoms with Crippen LogP contribution < -0.4 is 27.4 Å². The summed E-state index contributed by atoms with van der Waals surface area (Å²) in [5, 5.41) is 10.9. The number of rotatable bonds is 27. The zero-order chi connectivity index (χ0) is 46.1. The molecule has 1 fully saturated rings. The number of hydrogen-bond donors (Lipinski definition) is 5. The summed E-state index contributed by atoms with van der Waals surface area (Å²) in [6.45, 7) is 9.21. The molecule has 3 unspecified atom stereocenters. The monoisotopic (exact) mass is 922 g/mol. The highest BCUT2D eigenvalue weighted by molar-refractivity contribution is 8.76. The number of amidine groups is 1. The van der Waals surface area contributed by atoms with Crippen LogP contribution in [0.4, 0.5) is 5.82 Å². The van der Waals surface area contributed by atoms with E-state index in [-0.39, 0.29) is 23.6 Å². The normalized spacial score (nSPS) is 20.4.